The molecule has 0 aliphatic rings. The predicted octanol–water partition coefficient (Wildman–Crippen LogP) is 1.47. The van der Waals surface area contributed by atoms with Crippen LogP contribution in [0.15, 0.2) is 18.2 Å². The number of amides is 1. The second kappa shape index (κ2) is 5.61. The highest BCUT2D eigenvalue weighted by molar-refractivity contribution is 5.94. The van der Waals surface area contributed by atoms with Crippen molar-refractivity contribution in [2.24, 2.45) is 0 Å². The first-order valence-corrected chi connectivity index (χ1v) is 5.26. The fraction of sp³-hybridized carbons (Fsp3) is 0.417. The molecular formula is C12H17FN2O. The van der Waals surface area contributed by atoms with Gasteiger partial charge in [-0.3, -0.25) is 4.79 Å². The molecule has 0 aromatic heterocycles. The van der Waals surface area contributed by atoms with Crippen molar-refractivity contribution in [2.75, 3.05) is 13.6 Å². The van der Waals surface area contributed by atoms with Gasteiger partial charge in [0.1, 0.15) is 5.82 Å². The van der Waals surface area contributed by atoms with Crippen LogP contribution in [0, 0.1) is 12.7 Å². The number of rotatable bonds is 4. The summed E-state index contributed by atoms with van der Waals surface area (Å²) >= 11 is 0. The van der Waals surface area contributed by atoms with E-state index in [0.29, 0.717) is 6.54 Å². The van der Waals surface area contributed by atoms with Gasteiger partial charge in [-0.05, 0) is 33.0 Å². The zero-order valence-corrected chi connectivity index (χ0v) is 9.80. The van der Waals surface area contributed by atoms with E-state index in [1.165, 1.54) is 6.07 Å². The van der Waals surface area contributed by atoms with Gasteiger partial charge in [-0.1, -0.05) is 11.6 Å². The Kier molecular flexibility index (Phi) is 4.43. The summed E-state index contributed by atoms with van der Waals surface area (Å²) in [5, 5.41) is 5.67. The normalized spacial score (nSPS) is 12.2. The largest absolute Gasteiger partial charge is 0.350 e. The molecule has 0 saturated heterocycles. The molecule has 1 atom stereocenters. The van der Waals surface area contributed by atoms with E-state index in [0.717, 1.165) is 5.56 Å². The minimum absolute atomic E-state index is 0.100. The Bertz CT molecular complexity index is 379. The van der Waals surface area contributed by atoms with E-state index in [1.54, 1.807) is 12.1 Å². The third-order valence-electron chi connectivity index (χ3n) is 2.43. The molecule has 1 unspecified atom stereocenters. The van der Waals surface area contributed by atoms with E-state index in [-0.39, 0.29) is 17.5 Å². The van der Waals surface area contributed by atoms with Gasteiger partial charge < -0.3 is 10.6 Å². The van der Waals surface area contributed by atoms with E-state index >= 15 is 0 Å². The molecule has 0 aliphatic carbocycles. The topological polar surface area (TPSA) is 41.1 Å². The highest BCUT2D eigenvalue weighted by atomic mass is 19.1. The number of hydrogen-bond donors (Lipinski definition) is 2. The van der Waals surface area contributed by atoms with Crippen LogP contribution in [0.25, 0.3) is 0 Å². The summed E-state index contributed by atoms with van der Waals surface area (Å²) in [5.74, 6) is -0.858. The molecule has 0 spiro atoms. The Morgan fingerprint density at radius 2 is 2.19 bits per heavy atom. The van der Waals surface area contributed by atoms with Crippen LogP contribution in [0.4, 0.5) is 4.39 Å². The first kappa shape index (κ1) is 12.6. The molecule has 0 saturated carbocycles. The lowest BCUT2D eigenvalue weighted by atomic mass is 10.1. The molecule has 0 heterocycles. The maximum Gasteiger partial charge on any atom is 0.254 e. The minimum atomic E-state index is -0.486. The van der Waals surface area contributed by atoms with Gasteiger partial charge >= 0.3 is 0 Å². The monoisotopic (exact) mass is 224 g/mol. The van der Waals surface area contributed by atoms with Gasteiger partial charge in [0.2, 0.25) is 0 Å². The molecule has 0 radical (unpaired) electrons. The number of benzene rings is 1. The van der Waals surface area contributed by atoms with Crippen molar-refractivity contribution >= 4 is 5.91 Å². The molecule has 4 heteroatoms. The first-order chi connectivity index (χ1) is 7.54. The Hall–Kier alpha value is -1.42. The quantitative estimate of drug-likeness (QED) is 0.813. The SMILES string of the molecule is CNC(C)CNC(=O)c1cc(C)ccc1F. The molecule has 1 rings (SSSR count). The summed E-state index contributed by atoms with van der Waals surface area (Å²) in [4.78, 5) is 11.7. The molecule has 0 bridgehead atoms. The maximum atomic E-state index is 13.3. The van der Waals surface area contributed by atoms with Crippen molar-refractivity contribution in [1.82, 2.24) is 10.6 Å². The number of hydrogen-bond acceptors (Lipinski definition) is 2. The standard InChI is InChI=1S/C12H17FN2O/c1-8-4-5-11(13)10(6-8)12(16)15-7-9(2)14-3/h4-6,9,14H,7H2,1-3H3,(H,15,16). The van der Waals surface area contributed by atoms with Gasteiger partial charge in [-0.15, -0.1) is 0 Å². The van der Waals surface area contributed by atoms with E-state index in [4.69, 9.17) is 0 Å². The van der Waals surface area contributed by atoms with Crippen molar-refractivity contribution in [3.63, 3.8) is 0 Å². The zero-order chi connectivity index (χ0) is 12.1. The molecular weight excluding hydrogens is 207 g/mol. The van der Waals surface area contributed by atoms with Crippen LogP contribution in [-0.2, 0) is 0 Å². The number of carbonyl (C=O) groups excluding carboxylic acids is 1. The Morgan fingerprint density at radius 1 is 1.50 bits per heavy atom. The summed E-state index contributed by atoms with van der Waals surface area (Å²) in [6.45, 7) is 4.24. The zero-order valence-electron chi connectivity index (χ0n) is 9.80. The Morgan fingerprint density at radius 3 is 2.81 bits per heavy atom. The average molecular weight is 224 g/mol. The fourth-order valence-corrected chi connectivity index (χ4v) is 1.26. The van der Waals surface area contributed by atoms with Crippen molar-refractivity contribution in [2.45, 2.75) is 19.9 Å². The summed E-state index contributed by atoms with van der Waals surface area (Å²) in [5.41, 5.74) is 0.969. The van der Waals surface area contributed by atoms with Crippen molar-refractivity contribution in [1.29, 1.82) is 0 Å². The van der Waals surface area contributed by atoms with Crippen LogP contribution in [0.3, 0.4) is 0 Å². The third kappa shape index (κ3) is 3.31. The average Bonchev–Trinajstić information content (AvgIpc) is 2.28. The summed E-state index contributed by atoms with van der Waals surface area (Å²) in [6, 6.07) is 4.67. The molecule has 1 aromatic carbocycles. The van der Waals surface area contributed by atoms with Crippen LogP contribution in [0.1, 0.15) is 22.8 Å². The molecule has 0 fully saturated rings. The minimum Gasteiger partial charge on any atom is -0.350 e. The van der Waals surface area contributed by atoms with Crippen molar-refractivity contribution in [3.05, 3.63) is 35.1 Å². The Labute approximate surface area is 95.0 Å². The molecule has 1 aromatic rings. The lowest BCUT2D eigenvalue weighted by Crippen LogP contribution is -2.37. The molecule has 0 aliphatic heterocycles. The summed E-state index contributed by atoms with van der Waals surface area (Å²) in [6.07, 6.45) is 0. The van der Waals surface area contributed by atoms with Crippen LogP contribution >= 0.6 is 0 Å². The molecule has 16 heavy (non-hydrogen) atoms. The van der Waals surface area contributed by atoms with E-state index in [2.05, 4.69) is 10.6 Å². The van der Waals surface area contributed by atoms with E-state index in [9.17, 15) is 9.18 Å². The van der Waals surface area contributed by atoms with Gasteiger partial charge in [0, 0.05) is 12.6 Å². The van der Waals surface area contributed by atoms with Crippen molar-refractivity contribution in [3.8, 4) is 0 Å². The summed E-state index contributed by atoms with van der Waals surface area (Å²) < 4.78 is 13.3. The van der Waals surface area contributed by atoms with Gasteiger partial charge in [-0.2, -0.15) is 0 Å². The number of carbonyl (C=O) groups is 1. The van der Waals surface area contributed by atoms with Crippen LogP contribution in [0.2, 0.25) is 0 Å². The number of nitrogens with one attached hydrogen (secondary N) is 2. The van der Waals surface area contributed by atoms with Gasteiger partial charge in [0.25, 0.3) is 5.91 Å². The highest BCUT2D eigenvalue weighted by Crippen LogP contribution is 2.09. The van der Waals surface area contributed by atoms with Crippen LogP contribution < -0.4 is 10.6 Å². The summed E-state index contributed by atoms with van der Waals surface area (Å²) in [7, 11) is 1.81. The molecule has 2 N–H and O–H groups in total. The fourth-order valence-electron chi connectivity index (χ4n) is 1.26. The third-order valence-corrected chi connectivity index (χ3v) is 2.43. The van der Waals surface area contributed by atoms with Gasteiger partial charge in [0.05, 0.1) is 5.56 Å². The van der Waals surface area contributed by atoms with E-state index in [1.807, 2.05) is 20.9 Å². The number of likely N-dealkylation sites (N-methyl/N-ethyl adjacent to an activating group) is 1. The Balaban J connectivity index is 2.69. The second-order valence-electron chi connectivity index (χ2n) is 3.88. The lowest BCUT2D eigenvalue weighted by molar-refractivity contribution is 0.0946. The lowest BCUT2D eigenvalue weighted by Gasteiger charge is -2.11. The van der Waals surface area contributed by atoms with Crippen molar-refractivity contribution < 1.29 is 9.18 Å². The predicted molar refractivity (Wildman–Crippen MR) is 62.0 cm³/mol. The molecule has 1 amide bonds. The smallest absolute Gasteiger partial charge is 0.254 e. The molecule has 88 valence electrons. The number of halogens is 1. The maximum absolute atomic E-state index is 13.3. The van der Waals surface area contributed by atoms with Gasteiger partial charge in [0.15, 0.2) is 0 Å². The van der Waals surface area contributed by atoms with Crippen LogP contribution in [-0.4, -0.2) is 25.5 Å². The van der Waals surface area contributed by atoms with Gasteiger partial charge in [-0.25, -0.2) is 4.39 Å². The second-order valence-corrected chi connectivity index (χ2v) is 3.88. The molecule has 3 nitrogen and oxygen atoms in total. The highest BCUT2D eigenvalue weighted by Gasteiger charge is 2.11. The number of aryl methyl sites for hydroxylation is 1. The van der Waals surface area contributed by atoms with E-state index < -0.39 is 5.82 Å². The first-order valence-electron chi connectivity index (χ1n) is 5.26. The van der Waals surface area contributed by atoms with Crippen LogP contribution in [0.5, 0.6) is 0 Å².